The Morgan fingerprint density at radius 3 is 2.20 bits per heavy atom. The van der Waals surface area contributed by atoms with E-state index in [1.54, 1.807) is 39.5 Å². The second-order valence-electron chi connectivity index (χ2n) is 8.93. The molecule has 7 nitrogen and oxygen atoms in total. The van der Waals surface area contributed by atoms with Gasteiger partial charge in [-0.15, -0.1) is 0 Å². The average molecular weight is 499 g/mol. The molecule has 1 heterocycles. The molecule has 1 fully saturated rings. The van der Waals surface area contributed by atoms with Crippen molar-refractivity contribution in [1.82, 2.24) is 9.21 Å². The summed E-state index contributed by atoms with van der Waals surface area (Å²) in [6.45, 7) is 5.03. The van der Waals surface area contributed by atoms with Crippen LogP contribution in [0.1, 0.15) is 50.7 Å². The molecular formula is C27H34N2O5S. The Hall–Kier alpha value is -2.97. The Kier molecular flexibility index (Phi) is 9.63. The number of esters is 1. The van der Waals surface area contributed by atoms with Crippen molar-refractivity contribution in [2.24, 2.45) is 0 Å². The van der Waals surface area contributed by atoms with Gasteiger partial charge in [0.15, 0.2) is 6.61 Å². The molecule has 3 rings (SSSR count). The molecule has 0 radical (unpaired) electrons. The minimum Gasteiger partial charge on any atom is -0.452 e. The molecule has 1 saturated heterocycles. The van der Waals surface area contributed by atoms with Gasteiger partial charge in [-0.1, -0.05) is 55.3 Å². The number of carbonyl (C=O) groups is 2. The molecule has 0 spiro atoms. The van der Waals surface area contributed by atoms with Gasteiger partial charge in [-0.25, -0.2) is 13.2 Å². The van der Waals surface area contributed by atoms with Crippen molar-refractivity contribution in [2.45, 2.75) is 57.0 Å². The highest BCUT2D eigenvalue weighted by molar-refractivity contribution is 7.89. The van der Waals surface area contributed by atoms with E-state index >= 15 is 0 Å². The Balaban J connectivity index is 1.54. The molecule has 0 aromatic heterocycles. The third-order valence-electron chi connectivity index (χ3n) is 5.97. The molecule has 1 aliphatic rings. The Morgan fingerprint density at radius 1 is 0.971 bits per heavy atom. The molecule has 35 heavy (non-hydrogen) atoms. The highest BCUT2D eigenvalue weighted by Gasteiger charge is 2.25. The molecule has 1 aliphatic heterocycles. The first-order valence-corrected chi connectivity index (χ1v) is 13.5. The summed E-state index contributed by atoms with van der Waals surface area (Å²) in [5.41, 5.74) is 1.66. The van der Waals surface area contributed by atoms with E-state index < -0.39 is 16.0 Å². The van der Waals surface area contributed by atoms with Crippen molar-refractivity contribution in [3.05, 3.63) is 71.8 Å². The van der Waals surface area contributed by atoms with Crippen molar-refractivity contribution in [2.75, 3.05) is 19.7 Å². The smallest absolute Gasteiger partial charge is 0.331 e. The third-order valence-corrected chi connectivity index (χ3v) is 7.88. The van der Waals surface area contributed by atoms with E-state index in [1.807, 2.05) is 44.2 Å². The van der Waals surface area contributed by atoms with E-state index in [0.29, 0.717) is 25.2 Å². The lowest BCUT2D eigenvalue weighted by Gasteiger charge is -2.26. The fraction of sp³-hybridized carbons (Fsp3) is 0.407. The predicted molar refractivity (Wildman–Crippen MR) is 136 cm³/mol. The minimum absolute atomic E-state index is 0.0407. The Bertz CT molecular complexity index is 1100. The van der Waals surface area contributed by atoms with E-state index in [4.69, 9.17) is 4.74 Å². The van der Waals surface area contributed by atoms with Gasteiger partial charge in [0.05, 0.1) is 4.90 Å². The monoisotopic (exact) mass is 498 g/mol. The Morgan fingerprint density at radius 2 is 1.60 bits per heavy atom. The quantitative estimate of drug-likeness (QED) is 0.381. The van der Waals surface area contributed by atoms with Crippen LogP contribution in [0.4, 0.5) is 0 Å². The van der Waals surface area contributed by atoms with E-state index in [2.05, 4.69) is 0 Å². The van der Waals surface area contributed by atoms with Crippen LogP contribution in [-0.4, -0.2) is 55.2 Å². The summed E-state index contributed by atoms with van der Waals surface area (Å²) in [4.78, 5) is 26.7. The largest absolute Gasteiger partial charge is 0.452 e. The van der Waals surface area contributed by atoms with Crippen LogP contribution in [0.2, 0.25) is 0 Å². The first-order chi connectivity index (χ1) is 16.8. The van der Waals surface area contributed by atoms with Crippen LogP contribution < -0.4 is 0 Å². The zero-order valence-electron chi connectivity index (χ0n) is 20.4. The molecule has 1 amide bonds. The highest BCUT2D eigenvalue weighted by atomic mass is 32.2. The second kappa shape index (κ2) is 12.7. The molecule has 188 valence electrons. The molecule has 2 aromatic carbocycles. The maximum Gasteiger partial charge on any atom is 0.331 e. The van der Waals surface area contributed by atoms with Crippen LogP contribution in [0, 0.1) is 0 Å². The number of hydrogen-bond acceptors (Lipinski definition) is 5. The van der Waals surface area contributed by atoms with Gasteiger partial charge in [0.2, 0.25) is 10.0 Å². The summed E-state index contributed by atoms with van der Waals surface area (Å²) in [7, 11) is -3.51. The van der Waals surface area contributed by atoms with Crippen LogP contribution >= 0.6 is 0 Å². The fourth-order valence-electron chi connectivity index (χ4n) is 3.95. The van der Waals surface area contributed by atoms with Crippen LogP contribution in [0.5, 0.6) is 0 Å². The number of amides is 1. The van der Waals surface area contributed by atoms with Crippen molar-refractivity contribution in [3.8, 4) is 0 Å². The fourth-order valence-corrected chi connectivity index (χ4v) is 5.47. The zero-order valence-corrected chi connectivity index (χ0v) is 21.2. The lowest BCUT2D eigenvalue weighted by Crippen LogP contribution is -2.39. The van der Waals surface area contributed by atoms with Crippen molar-refractivity contribution in [3.63, 3.8) is 0 Å². The van der Waals surface area contributed by atoms with Crippen LogP contribution in [0.3, 0.4) is 0 Å². The number of rotatable bonds is 9. The maximum absolute atomic E-state index is 12.9. The summed E-state index contributed by atoms with van der Waals surface area (Å²) in [6.07, 6.45) is 6.65. The minimum atomic E-state index is -3.51. The molecular weight excluding hydrogens is 464 g/mol. The summed E-state index contributed by atoms with van der Waals surface area (Å²) < 4.78 is 32.5. The van der Waals surface area contributed by atoms with Crippen LogP contribution in [0.15, 0.2) is 65.6 Å². The van der Waals surface area contributed by atoms with Gasteiger partial charge in [-0.2, -0.15) is 4.31 Å². The third kappa shape index (κ3) is 7.77. The lowest BCUT2D eigenvalue weighted by atomic mass is 10.2. The summed E-state index contributed by atoms with van der Waals surface area (Å²) in [6, 6.07) is 16.0. The van der Waals surface area contributed by atoms with Crippen LogP contribution in [-0.2, 0) is 30.9 Å². The second-order valence-corrected chi connectivity index (χ2v) is 10.9. The molecule has 0 saturated carbocycles. The normalized spacial score (nSPS) is 15.2. The van der Waals surface area contributed by atoms with E-state index in [0.717, 1.165) is 31.2 Å². The number of sulfonamides is 1. The number of ether oxygens (including phenoxy) is 1. The van der Waals surface area contributed by atoms with Gasteiger partial charge in [0.1, 0.15) is 0 Å². The standard InChI is InChI=1S/C27H34N2O5S/c1-22(2)29(20-24-10-6-5-7-11-24)26(30)21-34-27(31)17-14-23-12-15-25(16-13-23)35(32,33)28-18-8-3-4-9-19-28/h5-7,10-17,22H,3-4,8-9,18-21H2,1-2H3. The summed E-state index contributed by atoms with van der Waals surface area (Å²) in [5, 5.41) is 0. The number of benzene rings is 2. The van der Waals surface area contributed by atoms with Crippen molar-refractivity contribution >= 4 is 28.0 Å². The highest BCUT2D eigenvalue weighted by Crippen LogP contribution is 2.21. The topological polar surface area (TPSA) is 84.0 Å². The first kappa shape index (κ1) is 26.6. The van der Waals surface area contributed by atoms with Gasteiger partial charge >= 0.3 is 5.97 Å². The van der Waals surface area contributed by atoms with Gasteiger partial charge in [-0.3, -0.25) is 4.79 Å². The molecule has 0 aliphatic carbocycles. The van der Waals surface area contributed by atoms with E-state index in [1.165, 1.54) is 6.08 Å². The van der Waals surface area contributed by atoms with Gasteiger partial charge in [-0.05, 0) is 56.0 Å². The molecule has 0 atom stereocenters. The molecule has 2 aromatic rings. The summed E-state index contributed by atoms with van der Waals surface area (Å²) >= 11 is 0. The van der Waals surface area contributed by atoms with Crippen molar-refractivity contribution < 1.29 is 22.7 Å². The van der Waals surface area contributed by atoms with Gasteiger partial charge in [0.25, 0.3) is 5.91 Å². The number of nitrogens with zero attached hydrogens (tertiary/aromatic N) is 2. The van der Waals surface area contributed by atoms with Gasteiger partial charge in [0, 0.05) is 31.8 Å². The maximum atomic E-state index is 12.9. The van der Waals surface area contributed by atoms with Gasteiger partial charge < -0.3 is 9.64 Å². The number of carbonyl (C=O) groups excluding carboxylic acids is 2. The molecule has 0 bridgehead atoms. The first-order valence-electron chi connectivity index (χ1n) is 12.1. The number of hydrogen-bond donors (Lipinski definition) is 0. The van der Waals surface area contributed by atoms with E-state index in [-0.39, 0.29) is 23.5 Å². The predicted octanol–water partition coefficient (Wildman–Crippen LogP) is 4.24. The van der Waals surface area contributed by atoms with E-state index in [9.17, 15) is 18.0 Å². The lowest BCUT2D eigenvalue weighted by molar-refractivity contribution is -0.149. The van der Waals surface area contributed by atoms with Crippen molar-refractivity contribution in [1.29, 1.82) is 0 Å². The SMILES string of the molecule is CC(C)N(Cc1ccccc1)C(=O)COC(=O)C=Cc1ccc(S(=O)(=O)N2CCCCCC2)cc1. The average Bonchev–Trinajstić information content (AvgIpc) is 3.16. The van der Waals surface area contributed by atoms with Crippen LogP contribution in [0.25, 0.3) is 6.08 Å². The molecule has 0 N–H and O–H groups in total. The summed E-state index contributed by atoms with van der Waals surface area (Å²) in [5.74, 6) is -0.906. The zero-order chi connectivity index (χ0) is 25.3. The molecule has 8 heteroatoms. The molecule has 0 unspecified atom stereocenters. The Labute approximate surface area is 208 Å².